The van der Waals surface area contributed by atoms with Crippen molar-refractivity contribution >= 4 is 29.3 Å². The van der Waals surface area contributed by atoms with Crippen molar-refractivity contribution in [3.63, 3.8) is 0 Å². The zero-order valence-electron chi connectivity index (χ0n) is 10.8. The number of fused-ring (bicyclic) bond motifs is 1. The summed E-state index contributed by atoms with van der Waals surface area (Å²) in [5, 5.41) is 8.64. The highest BCUT2D eigenvalue weighted by Gasteiger charge is 2.31. The minimum atomic E-state index is -0.820. The number of amides is 1. The van der Waals surface area contributed by atoms with Crippen LogP contribution in [0.5, 0.6) is 0 Å². The first kappa shape index (κ1) is 13.9. The maximum absolute atomic E-state index is 12.4. The average molecular weight is 279 g/mol. The van der Waals surface area contributed by atoms with Crippen molar-refractivity contribution in [2.24, 2.45) is 0 Å². The fourth-order valence-corrected chi connectivity index (χ4v) is 3.31. The molecule has 1 amide bonds. The second-order valence-corrected chi connectivity index (χ2v) is 5.71. The van der Waals surface area contributed by atoms with Gasteiger partial charge in [-0.25, -0.2) is 0 Å². The van der Waals surface area contributed by atoms with Gasteiger partial charge in [-0.05, 0) is 25.0 Å². The molecule has 0 saturated carbocycles. The first-order chi connectivity index (χ1) is 9.13. The van der Waals surface area contributed by atoms with Gasteiger partial charge in [-0.3, -0.25) is 9.59 Å². The maximum atomic E-state index is 12.4. The molecule has 0 aliphatic carbocycles. The lowest BCUT2D eigenvalue weighted by Gasteiger charge is -2.33. The molecule has 5 heteroatoms. The molecule has 1 aromatic rings. The van der Waals surface area contributed by atoms with Gasteiger partial charge < -0.3 is 10.0 Å². The predicted octanol–water partition coefficient (Wildman–Crippen LogP) is 2.77. The van der Waals surface area contributed by atoms with Gasteiger partial charge in [-0.1, -0.05) is 19.1 Å². The minimum Gasteiger partial charge on any atom is -0.481 e. The molecule has 102 valence electrons. The number of benzene rings is 1. The summed E-state index contributed by atoms with van der Waals surface area (Å²) in [6.45, 7) is 2.47. The van der Waals surface area contributed by atoms with Crippen molar-refractivity contribution < 1.29 is 14.7 Å². The van der Waals surface area contributed by atoms with Crippen LogP contribution in [0, 0.1) is 0 Å². The highest BCUT2D eigenvalue weighted by atomic mass is 32.2. The van der Waals surface area contributed by atoms with Gasteiger partial charge in [0.1, 0.15) is 0 Å². The van der Waals surface area contributed by atoms with E-state index in [9.17, 15) is 9.59 Å². The molecular weight excluding hydrogens is 262 g/mol. The number of hydrogen-bond donors (Lipinski definition) is 1. The van der Waals surface area contributed by atoms with Crippen molar-refractivity contribution in [1.82, 2.24) is 0 Å². The van der Waals surface area contributed by atoms with Crippen molar-refractivity contribution in [3.05, 3.63) is 24.3 Å². The Morgan fingerprint density at radius 2 is 2.16 bits per heavy atom. The van der Waals surface area contributed by atoms with Crippen LogP contribution >= 0.6 is 11.8 Å². The van der Waals surface area contributed by atoms with Gasteiger partial charge in [0.25, 0.3) is 0 Å². The number of carbonyl (C=O) groups excluding carboxylic acids is 1. The van der Waals surface area contributed by atoms with Crippen LogP contribution in [-0.4, -0.2) is 28.8 Å². The lowest BCUT2D eigenvalue weighted by Crippen LogP contribution is -2.41. The number of anilines is 1. The molecule has 1 unspecified atom stereocenters. The van der Waals surface area contributed by atoms with Gasteiger partial charge in [0.15, 0.2) is 0 Å². The molecule has 1 heterocycles. The van der Waals surface area contributed by atoms with E-state index in [-0.39, 0.29) is 17.6 Å². The number of thioether (sulfide) groups is 1. The summed E-state index contributed by atoms with van der Waals surface area (Å²) in [5.41, 5.74) is 0.910. The van der Waals surface area contributed by atoms with E-state index in [0.717, 1.165) is 17.0 Å². The lowest BCUT2D eigenvalue weighted by atomic mass is 10.2. The Morgan fingerprint density at radius 1 is 1.42 bits per heavy atom. The summed E-state index contributed by atoms with van der Waals surface area (Å²) in [6, 6.07) is 7.80. The van der Waals surface area contributed by atoms with Crippen molar-refractivity contribution in [2.75, 3.05) is 11.4 Å². The molecule has 1 N–H and O–H groups in total. The molecule has 19 heavy (non-hydrogen) atoms. The fourth-order valence-electron chi connectivity index (χ4n) is 2.15. The zero-order valence-corrected chi connectivity index (χ0v) is 11.7. The molecule has 0 fully saturated rings. The Hall–Kier alpha value is -1.49. The van der Waals surface area contributed by atoms with Gasteiger partial charge in [-0.2, -0.15) is 0 Å². The molecule has 0 spiro atoms. The second kappa shape index (κ2) is 6.10. The molecule has 0 bridgehead atoms. The molecule has 1 aliphatic heterocycles. The molecule has 2 rings (SSSR count). The normalized spacial score (nSPS) is 18.3. The summed E-state index contributed by atoms with van der Waals surface area (Å²) >= 11 is 1.60. The molecule has 0 radical (unpaired) electrons. The van der Waals surface area contributed by atoms with Gasteiger partial charge in [-0.15, -0.1) is 11.8 Å². The van der Waals surface area contributed by atoms with E-state index in [1.54, 1.807) is 16.7 Å². The van der Waals surface area contributed by atoms with Crippen molar-refractivity contribution in [2.45, 2.75) is 36.3 Å². The van der Waals surface area contributed by atoms with Crippen LogP contribution in [0.15, 0.2) is 29.2 Å². The Kier molecular flexibility index (Phi) is 4.47. The van der Waals surface area contributed by atoms with Crippen LogP contribution in [-0.2, 0) is 9.59 Å². The Morgan fingerprint density at radius 3 is 2.84 bits per heavy atom. The summed E-state index contributed by atoms with van der Waals surface area (Å²) in [6.07, 6.45) is 1.36. The number of nitrogens with zero attached hydrogens (tertiary/aromatic N) is 1. The number of carboxylic acids is 1. The van der Waals surface area contributed by atoms with Crippen LogP contribution < -0.4 is 4.90 Å². The summed E-state index contributed by atoms with van der Waals surface area (Å²) in [4.78, 5) is 25.8. The third-order valence-corrected chi connectivity index (χ3v) is 4.53. The fraction of sp³-hybridized carbons (Fsp3) is 0.429. The molecule has 0 aromatic heterocycles. The first-order valence-electron chi connectivity index (χ1n) is 6.42. The monoisotopic (exact) mass is 279 g/mol. The van der Waals surface area contributed by atoms with Crippen molar-refractivity contribution in [1.29, 1.82) is 0 Å². The number of carboxylic acid groups (broad SMARTS) is 1. The van der Waals surface area contributed by atoms with Crippen LogP contribution in [0.1, 0.15) is 26.2 Å². The lowest BCUT2D eigenvalue weighted by molar-refractivity contribution is -0.137. The molecular formula is C14H17NO3S. The minimum absolute atomic E-state index is 0.0558. The van der Waals surface area contributed by atoms with E-state index in [1.807, 2.05) is 31.2 Å². The number of rotatable bonds is 5. The second-order valence-electron chi connectivity index (χ2n) is 4.47. The third-order valence-electron chi connectivity index (χ3n) is 3.11. The van der Waals surface area contributed by atoms with E-state index in [0.29, 0.717) is 13.0 Å². The van der Waals surface area contributed by atoms with Gasteiger partial charge in [0.2, 0.25) is 5.91 Å². The summed E-state index contributed by atoms with van der Waals surface area (Å²) < 4.78 is 0. The molecule has 1 aliphatic rings. The largest absolute Gasteiger partial charge is 0.481 e. The summed E-state index contributed by atoms with van der Waals surface area (Å²) in [5.74, 6) is -0.726. The highest BCUT2D eigenvalue weighted by Crippen LogP contribution is 2.40. The van der Waals surface area contributed by atoms with Crippen molar-refractivity contribution in [3.8, 4) is 0 Å². The average Bonchev–Trinajstić information content (AvgIpc) is 2.40. The third kappa shape index (κ3) is 3.10. The van der Waals surface area contributed by atoms with Crippen LogP contribution in [0.2, 0.25) is 0 Å². The smallest absolute Gasteiger partial charge is 0.303 e. The van der Waals surface area contributed by atoms with E-state index in [2.05, 4.69) is 0 Å². The number of para-hydroxylation sites is 1. The van der Waals surface area contributed by atoms with E-state index >= 15 is 0 Å². The number of carbonyl (C=O) groups is 2. The topological polar surface area (TPSA) is 57.6 Å². The molecule has 0 saturated heterocycles. The van der Waals surface area contributed by atoms with Crippen LogP contribution in [0.3, 0.4) is 0 Å². The zero-order chi connectivity index (χ0) is 13.8. The van der Waals surface area contributed by atoms with Gasteiger partial charge in [0.05, 0.1) is 10.9 Å². The van der Waals surface area contributed by atoms with E-state index in [1.165, 1.54) is 0 Å². The Balaban J connectivity index is 2.18. The standard InChI is InChI=1S/C14H17NO3S/c1-2-11-14(18)15(9-5-8-13(16)17)10-6-3-4-7-12(10)19-11/h3-4,6-7,11H,2,5,8-9H2,1H3,(H,16,17). The SMILES string of the molecule is CCC1Sc2ccccc2N(CCCC(=O)O)C1=O. The molecule has 1 atom stereocenters. The van der Waals surface area contributed by atoms with Gasteiger partial charge >= 0.3 is 5.97 Å². The maximum Gasteiger partial charge on any atom is 0.303 e. The molecule has 4 nitrogen and oxygen atoms in total. The number of aliphatic carboxylic acids is 1. The first-order valence-corrected chi connectivity index (χ1v) is 7.30. The van der Waals surface area contributed by atoms with E-state index in [4.69, 9.17) is 5.11 Å². The van der Waals surface area contributed by atoms with Gasteiger partial charge in [0, 0.05) is 17.9 Å². The Bertz CT molecular complexity index is 489. The van der Waals surface area contributed by atoms with Crippen LogP contribution in [0.4, 0.5) is 5.69 Å². The summed E-state index contributed by atoms with van der Waals surface area (Å²) in [7, 11) is 0. The number of hydrogen-bond acceptors (Lipinski definition) is 3. The Labute approximate surface area is 116 Å². The quantitative estimate of drug-likeness (QED) is 0.900. The molecule has 1 aromatic carbocycles. The van der Waals surface area contributed by atoms with Crippen LogP contribution in [0.25, 0.3) is 0 Å². The highest BCUT2D eigenvalue weighted by molar-refractivity contribution is 8.01. The van der Waals surface area contributed by atoms with E-state index < -0.39 is 5.97 Å². The predicted molar refractivity (Wildman–Crippen MR) is 75.6 cm³/mol.